The second-order valence-electron chi connectivity index (χ2n) is 10.0. The molecule has 0 radical (unpaired) electrons. The van der Waals surface area contributed by atoms with Gasteiger partial charge in [-0.25, -0.2) is 14.4 Å². The Hall–Kier alpha value is -4.72. The van der Waals surface area contributed by atoms with Crippen molar-refractivity contribution >= 4 is 28.7 Å². The zero-order valence-corrected chi connectivity index (χ0v) is 23.3. The first kappa shape index (κ1) is 28.3. The quantitative estimate of drug-likeness (QED) is 0.242. The minimum atomic E-state index is -0.481. The first-order chi connectivity index (χ1) is 19.1. The van der Waals surface area contributed by atoms with Crippen LogP contribution < -0.4 is 22.1 Å². The summed E-state index contributed by atoms with van der Waals surface area (Å²) in [5, 5.41) is 6.36. The van der Waals surface area contributed by atoms with Crippen LogP contribution in [-0.2, 0) is 0 Å². The second-order valence-corrected chi connectivity index (χ2v) is 10.0. The van der Waals surface area contributed by atoms with E-state index < -0.39 is 5.82 Å². The number of carbonyl (C=O) groups is 1. The zero-order chi connectivity index (χ0) is 29.0. The number of benzene rings is 1. The van der Waals surface area contributed by atoms with Crippen molar-refractivity contribution in [3.05, 3.63) is 107 Å². The second kappa shape index (κ2) is 12.0. The number of nitrogens with zero attached hydrogens (tertiary/aromatic N) is 2. The molecule has 7 nitrogen and oxygen atoms in total. The molecule has 1 amide bonds. The molecule has 2 aromatic heterocycles. The molecular formula is C32H35FN6O. The number of hydrogen-bond donors (Lipinski definition) is 4. The summed E-state index contributed by atoms with van der Waals surface area (Å²) in [4.78, 5) is 21.7. The highest BCUT2D eigenvalue weighted by Gasteiger charge is 2.24. The zero-order valence-electron chi connectivity index (χ0n) is 23.3. The monoisotopic (exact) mass is 538 g/mol. The predicted octanol–water partition coefficient (Wildman–Crippen LogP) is 6.16. The SMILES string of the molecule is C=C/C(NC(=C1CC1)c1nc(-c2cc(C(=O)NC(C)C)ccc2F)ccc1N)=C(\C=C/C)c1cc(C)nc(N)c1. The van der Waals surface area contributed by atoms with Gasteiger partial charge in [0.15, 0.2) is 0 Å². The van der Waals surface area contributed by atoms with Crippen molar-refractivity contribution < 1.29 is 9.18 Å². The Labute approximate surface area is 234 Å². The van der Waals surface area contributed by atoms with Crippen LogP contribution in [0.4, 0.5) is 15.9 Å². The lowest BCUT2D eigenvalue weighted by atomic mass is 10.0. The normalized spacial score (nSPS) is 13.3. The number of amides is 1. The van der Waals surface area contributed by atoms with Crippen molar-refractivity contribution in [1.29, 1.82) is 0 Å². The highest BCUT2D eigenvalue weighted by molar-refractivity contribution is 5.95. The number of aromatic nitrogens is 2. The molecule has 1 aromatic carbocycles. The number of pyridine rings is 2. The Bertz CT molecular complexity index is 1540. The maximum Gasteiger partial charge on any atom is 0.251 e. The van der Waals surface area contributed by atoms with Gasteiger partial charge in [0.2, 0.25) is 0 Å². The minimum Gasteiger partial charge on any atom is -0.397 e. The van der Waals surface area contributed by atoms with E-state index in [1.165, 1.54) is 18.2 Å². The van der Waals surface area contributed by atoms with E-state index in [0.29, 0.717) is 28.5 Å². The van der Waals surface area contributed by atoms with Crippen LogP contribution in [0.1, 0.15) is 60.9 Å². The average molecular weight is 539 g/mol. The van der Waals surface area contributed by atoms with Gasteiger partial charge in [0.1, 0.15) is 17.3 Å². The van der Waals surface area contributed by atoms with E-state index >= 15 is 4.39 Å². The Balaban J connectivity index is 1.80. The molecule has 4 rings (SSSR count). The highest BCUT2D eigenvalue weighted by Crippen LogP contribution is 2.38. The topological polar surface area (TPSA) is 119 Å². The summed E-state index contributed by atoms with van der Waals surface area (Å²) in [5.41, 5.74) is 19.6. The Kier molecular flexibility index (Phi) is 8.48. The summed E-state index contributed by atoms with van der Waals surface area (Å²) < 4.78 is 15.0. The molecule has 1 aliphatic rings. The number of carbonyl (C=O) groups excluding carboxylic acids is 1. The maximum atomic E-state index is 15.0. The fraction of sp³-hybridized carbons (Fsp3) is 0.219. The lowest BCUT2D eigenvalue weighted by Crippen LogP contribution is -2.30. The number of hydrogen-bond acceptors (Lipinski definition) is 6. The number of rotatable bonds is 9. The minimum absolute atomic E-state index is 0.0480. The average Bonchev–Trinajstić information content (AvgIpc) is 3.74. The highest BCUT2D eigenvalue weighted by atomic mass is 19.1. The summed E-state index contributed by atoms with van der Waals surface area (Å²) in [6, 6.07) is 11.4. The molecule has 0 atom stereocenters. The van der Waals surface area contributed by atoms with Crippen molar-refractivity contribution in [3.8, 4) is 11.3 Å². The third-order valence-corrected chi connectivity index (χ3v) is 6.31. The Morgan fingerprint density at radius 2 is 1.82 bits per heavy atom. The largest absolute Gasteiger partial charge is 0.397 e. The summed E-state index contributed by atoms with van der Waals surface area (Å²) >= 11 is 0. The Morgan fingerprint density at radius 3 is 2.45 bits per heavy atom. The molecule has 0 bridgehead atoms. The van der Waals surface area contributed by atoms with E-state index in [2.05, 4.69) is 22.2 Å². The van der Waals surface area contributed by atoms with Gasteiger partial charge in [-0.15, -0.1) is 0 Å². The van der Waals surface area contributed by atoms with Gasteiger partial charge in [-0.1, -0.05) is 18.7 Å². The lowest BCUT2D eigenvalue weighted by molar-refractivity contribution is 0.0943. The van der Waals surface area contributed by atoms with Gasteiger partial charge in [0, 0.05) is 34.1 Å². The molecular weight excluding hydrogens is 503 g/mol. The van der Waals surface area contributed by atoms with Crippen LogP contribution in [0.3, 0.4) is 0 Å². The number of nitrogen functional groups attached to an aromatic ring is 2. The fourth-order valence-electron chi connectivity index (χ4n) is 4.38. The fourth-order valence-corrected chi connectivity index (χ4v) is 4.38. The van der Waals surface area contributed by atoms with E-state index in [4.69, 9.17) is 16.5 Å². The molecule has 40 heavy (non-hydrogen) atoms. The smallest absolute Gasteiger partial charge is 0.251 e. The van der Waals surface area contributed by atoms with Crippen LogP contribution in [0.5, 0.6) is 0 Å². The molecule has 0 unspecified atom stereocenters. The van der Waals surface area contributed by atoms with Gasteiger partial charge < -0.3 is 22.1 Å². The number of allylic oxidation sites excluding steroid dienone is 5. The molecule has 2 heterocycles. The predicted molar refractivity (Wildman–Crippen MR) is 161 cm³/mol. The maximum absolute atomic E-state index is 15.0. The molecule has 1 saturated carbocycles. The molecule has 206 valence electrons. The van der Waals surface area contributed by atoms with Crippen molar-refractivity contribution in [1.82, 2.24) is 20.6 Å². The molecule has 3 aromatic rings. The first-order valence-corrected chi connectivity index (χ1v) is 13.2. The van der Waals surface area contributed by atoms with E-state index in [9.17, 15) is 4.79 Å². The molecule has 1 aliphatic carbocycles. The van der Waals surface area contributed by atoms with Gasteiger partial charge in [-0.05, 0) is 100 Å². The lowest BCUT2D eigenvalue weighted by Gasteiger charge is -2.18. The van der Waals surface area contributed by atoms with Gasteiger partial charge in [0.25, 0.3) is 5.91 Å². The van der Waals surface area contributed by atoms with Crippen LogP contribution in [0, 0.1) is 12.7 Å². The number of halogens is 1. The van der Waals surface area contributed by atoms with Crippen molar-refractivity contribution in [3.63, 3.8) is 0 Å². The van der Waals surface area contributed by atoms with Gasteiger partial charge in [-0.2, -0.15) is 0 Å². The molecule has 0 saturated heterocycles. The summed E-state index contributed by atoms with van der Waals surface area (Å²) in [7, 11) is 0. The number of nitrogens with one attached hydrogen (secondary N) is 2. The summed E-state index contributed by atoms with van der Waals surface area (Å²) in [6.07, 6.45) is 7.43. The summed E-state index contributed by atoms with van der Waals surface area (Å²) in [5.74, 6) is -0.338. The van der Waals surface area contributed by atoms with Crippen LogP contribution in [0.2, 0.25) is 0 Å². The number of aryl methyl sites for hydroxylation is 1. The van der Waals surface area contributed by atoms with E-state index in [0.717, 1.165) is 46.6 Å². The van der Waals surface area contributed by atoms with Crippen LogP contribution >= 0.6 is 0 Å². The Morgan fingerprint density at radius 1 is 1.07 bits per heavy atom. The third kappa shape index (κ3) is 6.46. The molecule has 6 N–H and O–H groups in total. The van der Waals surface area contributed by atoms with Crippen molar-refractivity contribution in [2.45, 2.75) is 46.6 Å². The molecule has 8 heteroatoms. The third-order valence-electron chi connectivity index (χ3n) is 6.31. The molecule has 1 fully saturated rings. The van der Waals surface area contributed by atoms with Gasteiger partial charge >= 0.3 is 0 Å². The van der Waals surface area contributed by atoms with Crippen molar-refractivity contribution in [2.24, 2.45) is 0 Å². The molecule has 0 aliphatic heterocycles. The van der Waals surface area contributed by atoms with E-state index in [1.807, 2.05) is 52.0 Å². The van der Waals surface area contributed by atoms with Gasteiger partial charge in [-0.3, -0.25) is 4.79 Å². The van der Waals surface area contributed by atoms with E-state index in [-0.39, 0.29) is 17.5 Å². The van der Waals surface area contributed by atoms with Crippen LogP contribution in [0.15, 0.2) is 78.5 Å². The van der Waals surface area contributed by atoms with Crippen LogP contribution in [-0.4, -0.2) is 21.9 Å². The van der Waals surface area contributed by atoms with E-state index in [1.54, 1.807) is 18.2 Å². The van der Waals surface area contributed by atoms with Gasteiger partial charge in [0.05, 0.1) is 17.1 Å². The molecule has 0 spiro atoms. The first-order valence-electron chi connectivity index (χ1n) is 13.2. The number of nitrogens with two attached hydrogens (primary N) is 2. The number of anilines is 2. The van der Waals surface area contributed by atoms with Crippen molar-refractivity contribution in [2.75, 3.05) is 11.5 Å². The standard InChI is InChI=1S/C32H35FN6O/c1-6-8-23(22-15-19(5)37-29(35)17-22)27(7-2)38-30(20-9-10-20)31-26(34)13-14-28(39-31)24-16-21(11-12-25(24)33)32(40)36-18(3)4/h6-8,11-18,38H,2,9-10,34H2,1,3-5H3,(H2,35,37)(H,36,40)/b8-6-,27-23-. The van der Waals surface area contributed by atoms with Crippen LogP contribution in [0.25, 0.3) is 22.5 Å². The summed E-state index contributed by atoms with van der Waals surface area (Å²) in [6.45, 7) is 11.6.